The van der Waals surface area contributed by atoms with Crippen LogP contribution in [0.25, 0.3) is 0 Å². The number of fused-ring (bicyclic) bond motifs is 1. The van der Waals surface area contributed by atoms with E-state index < -0.39 is 29.7 Å². The van der Waals surface area contributed by atoms with Crippen molar-refractivity contribution in [1.29, 1.82) is 0 Å². The van der Waals surface area contributed by atoms with E-state index in [0.717, 1.165) is 12.1 Å². The summed E-state index contributed by atoms with van der Waals surface area (Å²) in [5.41, 5.74) is 1.58. The number of hydrogen-bond acceptors (Lipinski definition) is 5. The number of anilines is 1. The lowest BCUT2D eigenvalue weighted by molar-refractivity contribution is 0.234. The van der Waals surface area contributed by atoms with Crippen molar-refractivity contribution in [1.82, 2.24) is 9.55 Å². The van der Waals surface area contributed by atoms with Gasteiger partial charge >= 0.3 is 0 Å². The summed E-state index contributed by atoms with van der Waals surface area (Å²) in [6.07, 6.45) is 3.23. The van der Waals surface area contributed by atoms with Crippen LogP contribution in [0.2, 0.25) is 0 Å². The molecule has 32 heavy (non-hydrogen) atoms. The van der Waals surface area contributed by atoms with Gasteiger partial charge in [-0.2, -0.15) is 4.98 Å². The molecule has 6 nitrogen and oxygen atoms in total. The lowest BCUT2D eigenvalue weighted by atomic mass is 10.1. The molecule has 0 radical (unpaired) electrons. The van der Waals surface area contributed by atoms with Gasteiger partial charge in [0, 0.05) is 12.8 Å². The second kappa shape index (κ2) is 9.90. The smallest absolute Gasteiger partial charge is 0.280 e. The Morgan fingerprint density at radius 1 is 1.28 bits per heavy atom. The quantitative estimate of drug-likeness (QED) is 0.377. The number of halogens is 4. The topological polar surface area (TPSA) is 68.5 Å². The van der Waals surface area contributed by atoms with Gasteiger partial charge in [0.25, 0.3) is 5.56 Å². The first-order valence-electron chi connectivity index (χ1n) is 9.73. The molecule has 1 aromatic carbocycles. The standard InChI is InChI=1S/C22H22F4N4O2/c1-12(9-23)18(5-4-6-32-3)28-22-29-21(31)15-10-27-13(2)20(15)30(22)11-14-7-16(24)19(26)17(25)8-14/h4-5,7-8H,6,9-11H2,1-3H3,(H,28,29,31)/b5-4-,18-12+. The normalized spacial score (nSPS) is 13.9. The summed E-state index contributed by atoms with van der Waals surface area (Å²) in [5.74, 6) is -4.20. The van der Waals surface area contributed by atoms with Crippen LogP contribution in [0.1, 0.15) is 30.7 Å². The zero-order valence-electron chi connectivity index (χ0n) is 17.8. The van der Waals surface area contributed by atoms with Crippen LogP contribution in [0.5, 0.6) is 0 Å². The zero-order chi connectivity index (χ0) is 23.4. The molecule has 170 valence electrons. The van der Waals surface area contributed by atoms with Crippen molar-refractivity contribution in [3.8, 4) is 0 Å². The van der Waals surface area contributed by atoms with E-state index in [1.165, 1.54) is 11.7 Å². The zero-order valence-corrected chi connectivity index (χ0v) is 17.8. The first-order chi connectivity index (χ1) is 15.3. The van der Waals surface area contributed by atoms with Gasteiger partial charge in [-0.15, -0.1) is 0 Å². The Kier molecular flexibility index (Phi) is 7.24. The molecular formula is C22H22F4N4O2. The molecule has 1 aliphatic rings. The first kappa shape index (κ1) is 23.4. The van der Waals surface area contributed by atoms with Crippen LogP contribution in [-0.4, -0.2) is 35.7 Å². The van der Waals surface area contributed by atoms with Crippen molar-refractivity contribution >= 4 is 11.7 Å². The maximum Gasteiger partial charge on any atom is 0.280 e. The van der Waals surface area contributed by atoms with Crippen LogP contribution >= 0.6 is 0 Å². The van der Waals surface area contributed by atoms with Crippen molar-refractivity contribution in [2.24, 2.45) is 4.99 Å². The lowest BCUT2D eigenvalue weighted by Crippen LogP contribution is -2.26. The highest BCUT2D eigenvalue weighted by Crippen LogP contribution is 2.23. The summed E-state index contributed by atoms with van der Waals surface area (Å²) < 4.78 is 60.9. The summed E-state index contributed by atoms with van der Waals surface area (Å²) in [6.45, 7) is 2.76. The van der Waals surface area contributed by atoms with Crippen LogP contribution in [0.4, 0.5) is 23.5 Å². The molecular weight excluding hydrogens is 428 g/mol. The third-order valence-electron chi connectivity index (χ3n) is 4.93. The summed E-state index contributed by atoms with van der Waals surface area (Å²) in [5, 5.41) is 2.94. The molecule has 0 amide bonds. The molecule has 1 N–H and O–H groups in total. The highest BCUT2D eigenvalue weighted by atomic mass is 19.2. The highest BCUT2D eigenvalue weighted by Gasteiger charge is 2.24. The predicted molar refractivity (Wildman–Crippen MR) is 113 cm³/mol. The molecule has 0 fully saturated rings. The molecule has 10 heteroatoms. The van der Waals surface area contributed by atoms with E-state index >= 15 is 0 Å². The van der Waals surface area contributed by atoms with Gasteiger partial charge < -0.3 is 14.6 Å². The monoisotopic (exact) mass is 450 g/mol. The number of alkyl halides is 1. The molecule has 0 atom stereocenters. The molecule has 3 rings (SSSR count). The fraction of sp³-hybridized carbons (Fsp3) is 0.318. The minimum atomic E-state index is -1.57. The number of rotatable bonds is 8. The summed E-state index contributed by atoms with van der Waals surface area (Å²) in [4.78, 5) is 20.9. The molecule has 0 aliphatic carbocycles. The number of hydrogen-bond donors (Lipinski definition) is 1. The maximum atomic E-state index is 13.8. The largest absolute Gasteiger partial charge is 0.381 e. The van der Waals surface area contributed by atoms with Crippen LogP contribution in [0, 0.1) is 17.5 Å². The van der Waals surface area contributed by atoms with Crippen LogP contribution in [0.3, 0.4) is 0 Å². The number of nitrogens with zero attached hydrogens (tertiary/aromatic N) is 3. The second-order valence-corrected chi connectivity index (χ2v) is 7.24. The Hall–Kier alpha value is -3.27. The van der Waals surface area contributed by atoms with Crippen molar-refractivity contribution in [3.63, 3.8) is 0 Å². The van der Waals surface area contributed by atoms with Gasteiger partial charge in [0.1, 0.15) is 6.67 Å². The van der Waals surface area contributed by atoms with Crippen molar-refractivity contribution < 1.29 is 22.3 Å². The van der Waals surface area contributed by atoms with Crippen LogP contribution < -0.4 is 10.9 Å². The number of allylic oxidation sites excluding steroid dienone is 2. The van der Waals surface area contributed by atoms with Gasteiger partial charge in [-0.05, 0) is 43.2 Å². The molecule has 2 heterocycles. The third-order valence-corrected chi connectivity index (χ3v) is 4.93. The summed E-state index contributed by atoms with van der Waals surface area (Å²) in [6, 6.07) is 1.74. The third kappa shape index (κ3) is 4.80. The number of benzene rings is 1. The predicted octanol–water partition coefficient (Wildman–Crippen LogP) is 3.89. The molecule has 0 unspecified atom stereocenters. The molecule has 1 aliphatic heterocycles. The van der Waals surface area contributed by atoms with E-state index in [1.54, 1.807) is 26.0 Å². The fourth-order valence-electron chi connectivity index (χ4n) is 3.30. The van der Waals surface area contributed by atoms with E-state index in [1.807, 2.05) is 0 Å². The van der Waals surface area contributed by atoms with E-state index in [-0.39, 0.29) is 31.2 Å². The number of methoxy groups -OCH3 is 1. The van der Waals surface area contributed by atoms with Gasteiger partial charge in [0.15, 0.2) is 17.5 Å². The first-order valence-corrected chi connectivity index (χ1v) is 9.73. The van der Waals surface area contributed by atoms with Crippen LogP contribution in [-0.2, 0) is 17.8 Å². The minimum absolute atomic E-state index is 0.0280. The number of aliphatic imine (C=N–C) groups is 1. The molecule has 0 bridgehead atoms. The Morgan fingerprint density at radius 2 is 1.97 bits per heavy atom. The van der Waals surface area contributed by atoms with Gasteiger partial charge in [0.2, 0.25) is 5.95 Å². The number of aromatic nitrogens is 2. The van der Waals surface area contributed by atoms with Gasteiger partial charge in [-0.1, -0.05) is 6.08 Å². The average molecular weight is 450 g/mol. The van der Waals surface area contributed by atoms with Gasteiger partial charge in [0.05, 0.1) is 36.7 Å². The Balaban J connectivity index is 2.14. The maximum absolute atomic E-state index is 13.8. The molecule has 0 saturated carbocycles. The Bertz CT molecular complexity index is 1160. The second-order valence-electron chi connectivity index (χ2n) is 7.24. The molecule has 1 aromatic heterocycles. The van der Waals surface area contributed by atoms with E-state index in [4.69, 9.17) is 4.74 Å². The fourth-order valence-corrected chi connectivity index (χ4v) is 3.30. The minimum Gasteiger partial charge on any atom is -0.381 e. The number of nitrogens with one attached hydrogen (secondary N) is 1. The van der Waals surface area contributed by atoms with E-state index in [2.05, 4.69) is 15.3 Å². The molecule has 0 spiro atoms. The SMILES string of the molecule is COC/C=C\C(Nc1nc(=O)c2c(n1Cc1cc(F)c(F)c(F)c1)C(C)=NC2)=C(\C)CF. The van der Waals surface area contributed by atoms with Gasteiger partial charge in [-0.3, -0.25) is 9.79 Å². The van der Waals surface area contributed by atoms with Crippen LogP contribution in [0.15, 0.2) is 45.3 Å². The van der Waals surface area contributed by atoms with Crippen molar-refractivity contribution in [2.75, 3.05) is 25.7 Å². The van der Waals surface area contributed by atoms with Crippen molar-refractivity contribution in [2.45, 2.75) is 26.9 Å². The highest BCUT2D eigenvalue weighted by molar-refractivity contribution is 6.00. The van der Waals surface area contributed by atoms with E-state index in [0.29, 0.717) is 28.2 Å². The van der Waals surface area contributed by atoms with E-state index in [9.17, 15) is 22.4 Å². The summed E-state index contributed by atoms with van der Waals surface area (Å²) in [7, 11) is 1.51. The molecule has 2 aromatic rings. The average Bonchev–Trinajstić information content (AvgIpc) is 3.15. The number of ether oxygens (including phenoxy) is 1. The summed E-state index contributed by atoms with van der Waals surface area (Å²) >= 11 is 0. The molecule has 0 saturated heterocycles. The Morgan fingerprint density at radius 3 is 2.59 bits per heavy atom. The Labute approximate surface area is 182 Å². The van der Waals surface area contributed by atoms with Gasteiger partial charge in [-0.25, -0.2) is 17.6 Å². The lowest BCUT2D eigenvalue weighted by Gasteiger charge is -2.20. The van der Waals surface area contributed by atoms with Crippen molar-refractivity contribution in [3.05, 3.63) is 80.2 Å².